The highest BCUT2D eigenvalue weighted by atomic mass is 16.5. The largest absolute Gasteiger partial charge is 0.495 e. The summed E-state index contributed by atoms with van der Waals surface area (Å²) in [6, 6.07) is 15.1. The Morgan fingerprint density at radius 1 is 1.12 bits per heavy atom. The predicted octanol–water partition coefficient (Wildman–Crippen LogP) is 4.58. The molecule has 1 N–H and O–H groups in total. The summed E-state index contributed by atoms with van der Waals surface area (Å²) < 4.78 is 11.1. The number of fused-ring (bicyclic) bond motifs is 2. The predicted molar refractivity (Wildman–Crippen MR) is 132 cm³/mol. The highest BCUT2D eigenvalue weighted by molar-refractivity contribution is 6.06. The Hall–Kier alpha value is -3.45. The summed E-state index contributed by atoms with van der Waals surface area (Å²) in [7, 11) is 1.54. The third-order valence-electron chi connectivity index (χ3n) is 6.29. The quantitative estimate of drug-likeness (QED) is 0.519. The number of nitrogens with zero attached hydrogens (tertiary/aromatic N) is 2. The van der Waals surface area contributed by atoms with Crippen LogP contribution in [0.3, 0.4) is 0 Å². The Balaban J connectivity index is 1.65. The van der Waals surface area contributed by atoms with Crippen molar-refractivity contribution in [2.75, 3.05) is 19.0 Å². The molecule has 0 radical (unpaired) electrons. The van der Waals surface area contributed by atoms with Gasteiger partial charge in [0.1, 0.15) is 5.75 Å². The number of benzene rings is 2. The lowest BCUT2D eigenvalue weighted by molar-refractivity contribution is -0.124. The number of anilines is 1. The minimum Gasteiger partial charge on any atom is -0.495 e. The zero-order valence-corrected chi connectivity index (χ0v) is 20.1. The number of ether oxygens (including phenoxy) is 2. The van der Waals surface area contributed by atoms with Crippen LogP contribution < -0.4 is 10.1 Å². The standard InChI is InChI=1S/C27H31N3O4/c1-5-23(26(31)29-22-12-8-9-13-24(22)33-4)34-27(32)25-18-10-6-7-11-20(18)28-21-14-15-30(17(2)3)16-19(21)25/h6-13,17,23H,5,14-16H2,1-4H3,(H,29,31). The maximum absolute atomic E-state index is 13.6. The number of amides is 1. The number of nitrogens with one attached hydrogen (secondary N) is 1. The fourth-order valence-corrected chi connectivity index (χ4v) is 4.36. The lowest BCUT2D eigenvalue weighted by Crippen LogP contribution is -2.38. The molecule has 2 aromatic carbocycles. The first-order chi connectivity index (χ1) is 16.4. The smallest absolute Gasteiger partial charge is 0.340 e. The number of esters is 1. The molecule has 178 valence electrons. The van der Waals surface area contributed by atoms with Crippen molar-refractivity contribution < 1.29 is 19.1 Å². The summed E-state index contributed by atoms with van der Waals surface area (Å²) in [4.78, 5) is 33.7. The van der Waals surface area contributed by atoms with Crippen LogP contribution in [0.5, 0.6) is 5.75 Å². The number of hydrogen-bond donors (Lipinski definition) is 1. The molecular weight excluding hydrogens is 430 g/mol. The molecule has 1 aliphatic rings. The number of pyridine rings is 1. The Kier molecular flexibility index (Phi) is 7.12. The molecule has 7 heteroatoms. The minimum atomic E-state index is -0.940. The number of aromatic nitrogens is 1. The number of carbonyl (C=O) groups is 2. The summed E-state index contributed by atoms with van der Waals surface area (Å²) in [5, 5.41) is 3.58. The van der Waals surface area contributed by atoms with E-state index >= 15 is 0 Å². The van der Waals surface area contributed by atoms with E-state index < -0.39 is 18.0 Å². The molecule has 0 spiro atoms. The van der Waals surface area contributed by atoms with Gasteiger partial charge in [-0.3, -0.25) is 14.7 Å². The summed E-state index contributed by atoms with van der Waals surface area (Å²) in [6.07, 6.45) is 0.171. The van der Waals surface area contributed by atoms with Gasteiger partial charge in [0.2, 0.25) is 0 Å². The third-order valence-corrected chi connectivity index (χ3v) is 6.29. The van der Waals surface area contributed by atoms with Crippen molar-refractivity contribution in [1.82, 2.24) is 9.88 Å². The van der Waals surface area contributed by atoms with Gasteiger partial charge in [-0.25, -0.2) is 4.79 Å². The molecule has 2 heterocycles. The van der Waals surface area contributed by atoms with E-state index in [1.165, 1.54) is 0 Å². The SMILES string of the molecule is CCC(OC(=O)c1c2c(nc3ccccc13)CCN(C(C)C)C2)C(=O)Nc1ccccc1OC. The molecule has 34 heavy (non-hydrogen) atoms. The van der Waals surface area contributed by atoms with Gasteiger partial charge in [0.15, 0.2) is 6.10 Å². The second kappa shape index (κ2) is 10.2. The molecule has 1 aromatic heterocycles. The van der Waals surface area contributed by atoms with Crippen LogP contribution in [0.2, 0.25) is 0 Å². The summed E-state index contributed by atoms with van der Waals surface area (Å²) in [5.41, 5.74) is 3.62. The fourth-order valence-electron chi connectivity index (χ4n) is 4.36. The Bertz CT molecular complexity index is 1210. The fraction of sp³-hybridized carbons (Fsp3) is 0.370. The zero-order valence-electron chi connectivity index (χ0n) is 20.1. The van der Waals surface area contributed by atoms with Crippen molar-refractivity contribution in [3.8, 4) is 5.75 Å². The molecule has 0 saturated heterocycles. The van der Waals surface area contributed by atoms with Crippen LogP contribution in [0, 0.1) is 0 Å². The molecule has 0 bridgehead atoms. The van der Waals surface area contributed by atoms with E-state index in [1.807, 2.05) is 37.3 Å². The molecule has 1 atom stereocenters. The van der Waals surface area contributed by atoms with Crippen LogP contribution in [0.1, 0.15) is 48.8 Å². The van der Waals surface area contributed by atoms with Gasteiger partial charge in [-0.2, -0.15) is 0 Å². The van der Waals surface area contributed by atoms with Gasteiger partial charge in [0.05, 0.1) is 23.9 Å². The van der Waals surface area contributed by atoms with E-state index in [9.17, 15) is 9.59 Å². The van der Waals surface area contributed by atoms with Gasteiger partial charge >= 0.3 is 5.97 Å². The van der Waals surface area contributed by atoms with Gasteiger partial charge < -0.3 is 14.8 Å². The van der Waals surface area contributed by atoms with Crippen molar-refractivity contribution in [2.24, 2.45) is 0 Å². The molecule has 0 fully saturated rings. The average molecular weight is 462 g/mol. The van der Waals surface area contributed by atoms with E-state index in [-0.39, 0.29) is 0 Å². The summed E-state index contributed by atoms with van der Waals surface area (Å²) >= 11 is 0. The van der Waals surface area contributed by atoms with Crippen LogP contribution in [-0.2, 0) is 22.5 Å². The first-order valence-corrected chi connectivity index (χ1v) is 11.7. The Morgan fingerprint density at radius 3 is 2.59 bits per heavy atom. The average Bonchev–Trinajstić information content (AvgIpc) is 2.85. The van der Waals surface area contributed by atoms with E-state index in [2.05, 4.69) is 24.1 Å². The molecule has 1 amide bonds. The summed E-state index contributed by atoms with van der Waals surface area (Å²) in [5.74, 6) is -0.348. The van der Waals surface area contributed by atoms with E-state index in [1.54, 1.807) is 25.3 Å². The topological polar surface area (TPSA) is 80.8 Å². The Labute approximate surface area is 200 Å². The van der Waals surface area contributed by atoms with Crippen LogP contribution in [0.25, 0.3) is 10.9 Å². The van der Waals surface area contributed by atoms with Gasteiger partial charge in [-0.1, -0.05) is 37.3 Å². The van der Waals surface area contributed by atoms with E-state index in [4.69, 9.17) is 14.5 Å². The van der Waals surface area contributed by atoms with Crippen molar-refractivity contribution in [3.05, 3.63) is 65.4 Å². The highest BCUT2D eigenvalue weighted by Gasteiger charge is 2.30. The monoisotopic (exact) mass is 461 g/mol. The van der Waals surface area contributed by atoms with Gasteiger partial charge in [-0.05, 0) is 38.5 Å². The normalized spacial score (nSPS) is 14.5. The molecule has 1 aliphatic heterocycles. The van der Waals surface area contributed by atoms with Gasteiger partial charge in [-0.15, -0.1) is 0 Å². The molecule has 1 unspecified atom stereocenters. The number of carbonyl (C=O) groups excluding carboxylic acids is 2. The first-order valence-electron chi connectivity index (χ1n) is 11.7. The highest BCUT2D eigenvalue weighted by Crippen LogP contribution is 2.30. The van der Waals surface area contributed by atoms with Crippen LogP contribution in [-0.4, -0.2) is 47.6 Å². The third kappa shape index (κ3) is 4.75. The maximum Gasteiger partial charge on any atom is 0.340 e. The van der Waals surface area contributed by atoms with Crippen LogP contribution in [0.15, 0.2) is 48.5 Å². The number of para-hydroxylation sites is 3. The van der Waals surface area contributed by atoms with Crippen molar-refractivity contribution in [3.63, 3.8) is 0 Å². The lowest BCUT2D eigenvalue weighted by Gasteiger charge is -2.32. The second-order valence-electron chi connectivity index (χ2n) is 8.74. The number of rotatable bonds is 7. The minimum absolute atomic E-state index is 0.343. The maximum atomic E-state index is 13.6. The molecule has 3 aromatic rings. The zero-order chi connectivity index (χ0) is 24.2. The molecule has 0 saturated carbocycles. The van der Waals surface area contributed by atoms with Crippen LogP contribution >= 0.6 is 0 Å². The molecule has 7 nitrogen and oxygen atoms in total. The van der Waals surface area contributed by atoms with Crippen LogP contribution in [0.4, 0.5) is 5.69 Å². The Morgan fingerprint density at radius 2 is 1.85 bits per heavy atom. The molecule has 4 rings (SSSR count). The van der Waals surface area contributed by atoms with E-state index in [0.717, 1.165) is 35.1 Å². The molecular formula is C27H31N3O4. The van der Waals surface area contributed by atoms with Crippen molar-refractivity contribution in [1.29, 1.82) is 0 Å². The van der Waals surface area contributed by atoms with Crippen molar-refractivity contribution in [2.45, 2.75) is 52.3 Å². The summed E-state index contributed by atoms with van der Waals surface area (Å²) in [6.45, 7) is 7.63. The first kappa shape index (κ1) is 23.7. The van der Waals surface area contributed by atoms with E-state index in [0.29, 0.717) is 36.0 Å². The number of methoxy groups -OCH3 is 1. The second-order valence-corrected chi connectivity index (χ2v) is 8.74. The lowest BCUT2D eigenvalue weighted by atomic mass is 9.95. The molecule has 0 aliphatic carbocycles. The van der Waals surface area contributed by atoms with Crippen molar-refractivity contribution >= 4 is 28.5 Å². The van der Waals surface area contributed by atoms with Gasteiger partial charge in [0, 0.05) is 42.2 Å². The van der Waals surface area contributed by atoms with Gasteiger partial charge in [0.25, 0.3) is 5.91 Å². The number of hydrogen-bond acceptors (Lipinski definition) is 6.